The van der Waals surface area contributed by atoms with Crippen LogP contribution in [0.4, 0.5) is 5.13 Å². The maximum absolute atomic E-state index is 13.6. The van der Waals surface area contributed by atoms with Gasteiger partial charge in [-0.25, -0.2) is 4.98 Å². The van der Waals surface area contributed by atoms with E-state index in [-0.39, 0.29) is 17.4 Å². The van der Waals surface area contributed by atoms with Crippen LogP contribution in [-0.2, 0) is 16.0 Å². The van der Waals surface area contributed by atoms with Crippen molar-refractivity contribution in [3.05, 3.63) is 81.9 Å². The molecule has 4 aromatic rings. The number of ether oxygens (including phenoxy) is 3. The van der Waals surface area contributed by atoms with Gasteiger partial charge in [0.05, 0.1) is 36.1 Å². The molecular weight excluding hydrogens is 540 g/mol. The Kier molecular flexibility index (Phi) is 6.20. The Morgan fingerprint density at radius 2 is 1.87 bits per heavy atom. The van der Waals surface area contributed by atoms with Crippen LogP contribution >= 0.6 is 22.9 Å². The highest BCUT2D eigenvalue weighted by Crippen LogP contribution is 2.46. The molecule has 1 saturated heterocycles. The number of aliphatic hydroxyl groups excluding tert-OH is 1. The predicted molar refractivity (Wildman–Crippen MR) is 149 cm³/mol. The quantitative estimate of drug-likeness (QED) is 0.183. The number of halogens is 1. The Morgan fingerprint density at radius 1 is 1.08 bits per heavy atom. The third-order valence-corrected chi connectivity index (χ3v) is 8.14. The van der Waals surface area contributed by atoms with E-state index >= 15 is 0 Å². The molecule has 0 unspecified atom stereocenters. The zero-order valence-electron chi connectivity index (χ0n) is 21.2. The topological polar surface area (TPSA) is 98.2 Å². The van der Waals surface area contributed by atoms with Crippen LogP contribution in [0.25, 0.3) is 16.0 Å². The van der Waals surface area contributed by atoms with Gasteiger partial charge in [0, 0.05) is 17.0 Å². The Bertz CT molecular complexity index is 1700. The van der Waals surface area contributed by atoms with Gasteiger partial charge in [-0.1, -0.05) is 29.0 Å². The lowest BCUT2D eigenvalue weighted by Crippen LogP contribution is -2.29. The fourth-order valence-corrected chi connectivity index (χ4v) is 6.35. The van der Waals surface area contributed by atoms with Crippen LogP contribution in [0.2, 0.25) is 5.02 Å². The molecule has 1 N–H and O–H groups in total. The van der Waals surface area contributed by atoms with Gasteiger partial charge in [-0.2, -0.15) is 0 Å². The number of hydrogen-bond donors (Lipinski definition) is 1. The predicted octanol–water partition coefficient (Wildman–Crippen LogP) is 5.92. The molecule has 1 aromatic heterocycles. The molecule has 2 atom stereocenters. The second-order valence-electron chi connectivity index (χ2n) is 9.35. The maximum Gasteiger partial charge on any atom is 0.301 e. The second-order valence-corrected chi connectivity index (χ2v) is 10.8. The number of Topliss-reactive ketones (excluding diaryl/α,β-unsaturated/α-hetero) is 1. The molecule has 2 aliphatic heterocycles. The van der Waals surface area contributed by atoms with Crippen LogP contribution in [0, 0.1) is 0 Å². The molecule has 3 heterocycles. The largest absolute Gasteiger partial charge is 0.507 e. The third kappa shape index (κ3) is 4.18. The van der Waals surface area contributed by atoms with E-state index in [1.54, 1.807) is 54.6 Å². The molecule has 0 bridgehead atoms. The fourth-order valence-electron chi connectivity index (χ4n) is 5.08. The first kappa shape index (κ1) is 25.2. The van der Waals surface area contributed by atoms with E-state index in [0.29, 0.717) is 44.7 Å². The first-order valence-electron chi connectivity index (χ1n) is 12.2. The number of methoxy groups -OCH3 is 2. The van der Waals surface area contributed by atoms with E-state index in [1.165, 1.54) is 30.5 Å². The van der Waals surface area contributed by atoms with Crippen molar-refractivity contribution in [1.29, 1.82) is 0 Å². The second kappa shape index (κ2) is 9.59. The van der Waals surface area contributed by atoms with E-state index in [2.05, 4.69) is 4.98 Å². The molecule has 0 spiro atoms. The number of nitrogens with zero attached hydrogens (tertiary/aromatic N) is 2. The molecule has 1 amide bonds. The van der Waals surface area contributed by atoms with Crippen LogP contribution < -0.4 is 19.1 Å². The minimum Gasteiger partial charge on any atom is -0.507 e. The molecule has 8 nitrogen and oxygen atoms in total. The first-order chi connectivity index (χ1) is 18.8. The number of thiazole rings is 1. The molecule has 3 aromatic carbocycles. The summed E-state index contributed by atoms with van der Waals surface area (Å²) in [6.45, 7) is 1.97. The Balaban J connectivity index is 1.55. The van der Waals surface area contributed by atoms with Crippen LogP contribution in [-0.4, -0.2) is 42.1 Å². The smallest absolute Gasteiger partial charge is 0.301 e. The number of hydrogen-bond acceptors (Lipinski definition) is 8. The Morgan fingerprint density at radius 3 is 2.64 bits per heavy atom. The molecule has 10 heteroatoms. The van der Waals surface area contributed by atoms with Crippen molar-refractivity contribution < 1.29 is 28.9 Å². The molecule has 0 aliphatic carbocycles. The molecule has 39 heavy (non-hydrogen) atoms. The van der Waals surface area contributed by atoms with E-state index in [4.69, 9.17) is 25.8 Å². The van der Waals surface area contributed by atoms with Crippen molar-refractivity contribution in [2.24, 2.45) is 0 Å². The summed E-state index contributed by atoms with van der Waals surface area (Å²) in [6.07, 6.45) is 0.695. The molecule has 2 aliphatic rings. The van der Waals surface area contributed by atoms with Gasteiger partial charge in [0.2, 0.25) is 0 Å². The Hall–Kier alpha value is -4.08. The normalized spacial score (nSPS) is 19.8. The lowest BCUT2D eigenvalue weighted by atomic mass is 9.94. The lowest BCUT2D eigenvalue weighted by molar-refractivity contribution is -0.132. The number of carbonyl (C=O) groups is 2. The number of amides is 1. The monoisotopic (exact) mass is 562 g/mol. The van der Waals surface area contributed by atoms with Crippen LogP contribution in [0.15, 0.2) is 60.2 Å². The molecule has 6 rings (SSSR count). The SMILES string of the molecule is COc1ccc([C@@H]2C(=C(O)c3ccc4c(c3)C[C@@H](C)O4)C(=O)C(=O)N2c2nc3ccc(Cl)cc3s2)cc1OC. The van der Waals surface area contributed by atoms with E-state index in [0.717, 1.165) is 16.0 Å². The summed E-state index contributed by atoms with van der Waals surface area (Å²) >= 11 is 7.41. The average molecular weight is 563 g/mol. The zero-order chi connectivity index (χ0) is 27.4. The summed E-state index contributed by atoms with van der Waals surface area (Å²) in [5, 5.41) is 12.4. The van der Waals surface area contributed by atoms with Gasteiger partial charge in [0.15, 0.2) is 16.6 Å². The minimum absolute atomic E-state index is 0.0160. The highest BCUT2D eigenvalue weighted by atomic mass is 35.5. The average Bonchev–Trinajstić information content (AvgIpc) is 3.59. The fraction of sp³-hybridized carbons (Fsp3) is 0.207. The number of anilines is 1. The van der Waals surface area contributed by atoms with Gasteiger partial charge >= 0.3 is 5.91 Å². The third-order valence-electron chi connectivity index (χ3n) is 6.88. The van der Waals surface area contributed by atoms with Gasteiger partial charge < -0.3 is 19.3 Å². The van der Waals surface area contributed by atoms with Crippen molar-refractivity contribution in [3.8, 4) is 17.2 Å². The highest BCUT2D eigenvalue weighted by Gasteiger charge is 2.48. The molecular formula is C29H23ClN2O6S. The number of aliphatic hydroxyl groups is 1. The van der Waals surface area contributed by atoms with Crippen LogP contribution in [0.3, 0.4) is 0 Å². The maximum atomic E-state index is 13.6. The van der Waals surface area contributed by atoms with Crippen molar-refractivity contribution in [1.82, 2.24) is 4.98 Å². The van der Waals surface area contributed by atoms with Gasteiger partial charge in [-0.15, -0.1) is 0 Å². The van der Waals surface area contributed by atoms with E-state index < -0.39 is 17.7 Å². The Labute approximate surface area is 233 Å². The van der Waals surface area contributed by atoms with Crippen molar-refractivity contribution in [2.75, 3.05) is 19.1 Å². The van der Waals surface area contributed by atoms with Gasteiger partial charge in [0.25, 0.3) is 5.78 Å². The summed E-state index contributed by atoms with van der Waals surface area (Å²) in [5.41, 5.74) is 2.48. The number of fused-ring (bicyclic) bond motifs is 2. The van der Waals surface area contributed by atoms with Crippen molar-refractivity contribution in [2.45, 2.75) is 25.5 Å². The van der Waals surface area contributed by atoms with E-state index in [1.807, 2.05) is 6.92 Å². The standard InChI is InChI=1S/C29H23ClN2O6S/c1-14-10-17-11-16(5-8-20(17)38-14)26(33)24-25(15-4-9-21(36-2)22(12-15)37-3)32(28(35)27(24)34)29-31-19-7-6-18(30)13-23(19)39-29/h4-9,11-14,25,33H,10H2,1-3H3/t14-,25-/m1/s1. The molecule has 0 saturated carbocycles. The molecule has 1 fully saturated rings. The van der Waals surface area contributed by atoms with Crippen LogP contribution in [0.1, 0.15) is 29.7 Å². The summed E-state index contributed by atoms with van der Waals surface area (Å²) in [5.74, 6) is -0.235. The molecule has 0 radical (unpaired) electrons. The number of benzene rings is 3. The number of rotatable bonds is 5. The van der Waals surface area contributed by atoms with Crippen LogP contribution in [0.5, 0.6) is 17.2 Å². The first-order valence-corrected chi connectivity index (χ1v) is 13.4. The summed E-state index contributed by atoms with van der Waals surface area (Å²) in [6, 6.07) is 14.6. The number of carbonyl (C=O) groups excluding carboxylic acids is 2. The van der Waals surface area contributed by atoms with Crippen molar-refractivity contribution >= 4 is 55.7 Å². The minimum atomic E-state index is -0.968. The lowest BCUT2D eigenvalue weighted by Gasteiger charge is -2.23. The van der Waals surface area contributed by atoms with Gasteiger partial charge in [-0.05, 0) is 66.6 Å². The van der Waals surface area contributed by atoms with E-state index in [9.17, 15) is 14.7 Å². The summed E-state index contributed by atoms with van der Waals surface area (Å²) < 4.78 is 17.4. The van der Waals surface area contributed by atoms with Gasteiger partial charge in [-0.3, -0.25) is 14.5 Å². The number of aromatic nitrogens is 1. The summed E-state index contributed by atoms with van der Waals surface area (Å²) in [4.78, 5) is 33.1. The van der Waals surface area contributed by atoms with Gasteiger partial charge in [0.1, 0.15) is 17.6 Å². The summed E-state index contributed by atoms with van der Waals surface area (Å²) in [7, 11) is 3.03. The zero-order valence-corrected chi connectivity index (χ0v) is 22.8. The number of ketones is 1. The van der Waals surface area contributed by atoms with Crippen molar-refractivity contribution in [3.63, 3.8) is 0 Å². The molecule has 198 valence electrons. The highest BCUT2D eigenvalue weighted by molar-refractivity contribution is 7.22.